The van der Waals surface area contributed by atoms with Crippen molar-refractivity contribution in [3.05, 3.63) is 47.7 Å². The molecule has 0 spiro atoms. The average Bonchev–Trinajstić information content (AvgIpc) is 3.13. The van der Waals surface area contributed by atoms with Crippen molar-refractivity contribution in [2.45, 2.75) is 39.2 Å². The number of hydrogen-bond acceptors (Lipinski definition) is 2. The molecule has 1 aromatic heterocycles. The van der Waals surface area contributed by atoms with Gasteiger partial charge in [-0.25, -0.2) is 4.68 Å². The molecule has 4 heteroatoms. The van der Waals surface area contributed by atoms with Gasteiger partial charge in [0.1, 0.15) is 5.82 Å². The summed E-state index contributed by atoms with van der Waals surface area (Å²) >= 11 is 0. The van der Waals surface area contributed by atoms with Crippen LogP contribution in [0.1, 0.15) is 36.8 Å². The van der Waals surface area contributed by atoms with Crippen LogP contribution in [-0.2, 0) is 11.3 Å². The molecule has 0 saturated heterocycles. The molecule has 1 aromatic carbocycles. The number of rotatable bonds is 4. The lowest BCUT2D eigenvalue weighted by atomic mass is 10.0. The first-order valence-electron chi connectivity index (χ1n) is 8.60. The van der Waals surface area contributed by atoms with Crippen LogP contribution < -0.4 is 5.32 Å². The maximum atomic E-state index is 12.5. The van der Waals surface area contributed by atoms with E-state index in [4.69, 9.17) is 0 Å². The minimum absolute atomic E-state index is 0.188. The monoisotopic (exact) mass is 309 g/mol. The van der Waals surface area contributed by atoms with E-state index in [2.05, 4.69) is 41.6 Å². The second-order valence-electron chi connectivity index (χ2n) is 6.99. The van der Waals surface area contributed by atoms with Gasteiger partial charge in [-0.2, -0.15) is 5.10 Å². The van der Waals surface area contributed by atoms with Gasteiger partial charge in [-0.15, -0.1) is 0 Å². The summed E-state index contributed by atoms with van der Waals surface area (Å²) in [6.45, 7) is 2.77. The molecule has 0 aliphatic heterocycles. The van der Waals surface area contributed by atoms with Gasteiger partial charge in [0.2, 0.25) is 5.91 Å². The predicted molar refractivity (Wildman–Crippen MR) is 90.1 cm³/mol. The number of nitrogens with one attached hydrogen (secondary N) is 1. The van der Waals surface area contributed by atoms with E-state index < -0.39 is 0 Å². The van der Waals surface area contributed by atoms with E-state index in [1.165, 1.54) is 36.8 Å². The second kappa shape index (κ2) is 5.84. The molecule has 1 amide bonds. The lowest BCUT2D eigenvalue weighted by molar-refractivity contribution is -0.117. The molecule has 2 fully saturated rings. The summed E-state index contributed by atoms with van der Waals surface area (Å²) in [5, 5.41) is 7.47. The molecule has 0 radical (unpaired) electrons. The first kappa shape index (κ1) is 14.5. The SMILES string of the molecule is Cc1cccc(Cn2nccc2NC(=O)C2[C@H]3CCCC[C@@H]23)c1. The molecule has 2 aliphatic carbocycles. The van der Waals surface area contributed by atoms with E-state index in [0.717, 1.165) is 5.82 Å². The van der Waals surface area contributed by atoms with Crippen LogP contribution in [0.4, 0.5) is 5.82 Å². The maximum absolute atomic E-state index is 12.5. The topological polar surface area (TPSA) is 46.9 Å². The van der Waals surface area contributed by atoms with Gasteiger partial charge < -0.3 is 5.32 Å². The third-order valence-electron chi connectivity index (χ3n) is 5.34. The van der Waals surface area contributed by atoms with E-state index in [0.29, 0.717) is 18.4 Å². The largest absolute Gasteiger partial charge is 0.311 e. The first-order chi connectivity index (χ1) is 11.2. The van der Waals surface area contributed by atoms with Crippen LogP contribution in [-0.4, -0.2) is 15.7 Å². The lowest BCUT2D eigenvalue weighted by Crippen LogP contribution is -2.19. The molecule has 120 valence electrons. The van der Waals surface area contributed by atoms with E-state index in [1.807, 2.05) is 10.7 Å². The summed E-state index contributed by atoms with van der Waals surface area (Å²) in [6.07, 6.45) is 6.79. The van der Waals surface area contributed by atoms with Gasteiger partial charge in [-0.05, 0) is 37.2 Å². The van der Waals surface area contributed by atoms with Crippen LogP contribution in [0.5, 0.6) is 0 Å². The smallest absolute Gasteiger partial charge is 0.229 e. The third kappa shape index (κ3) is 2.90. The highest BCUT2D eigenvalue weighted by atomic mass is 16.2. The summed E-state index contributed by atoms with van der Waals surface area (Å²) in [4.78, 5) is 12.5. The van der Waals surface area contributed by atoms with Gasteiger partial charge in [0.15, 0.2) is 0 Å². The second-order valence-corrected chi connectivity index (χ2v) is 6.99. The summed E-state index contributed by atoms with van der Waals surface area (Å²) in [7, 11) is 0. The Labute approximate surface area is 136 Å². The minimum Gasteiger partial charge on any atom is -0.311 e. The Hall–Kier alpha value is -2.10. The highest BCUT2D eigenvalue weighted by Gasteiger charge is 2.54. The van der Waals surface area contributed by atoms with Crippen molar-refractivity contribution in [1.29, 1.82) is 0 Å². The Bertz CT molecular complexity index is 709. The van der Waals surface area contributed by atoms with Crippen LogP contribution in [0.3, 0.4) is 0 Å². The molecule has 2 aliphatic rings. The molecule has 23 heavy (non-hydrogen) atoms. The summed E-state index contributed by atoms with van der Waals surface area (Å²) < 4.78 is 1.87. The molecular weight excluding hydrogens is 286 g/mol. The Morgan fingerprint density at radius 1 is 1.26 bits per heavy atom. The molecule has 3 atom stereocenters. The van der Waals surface area contributed by atoms with Gasteiger partial charge in [0, 0.05) is 12.0 Å². The van der Waals surface area contributed by atoms with Crippen LogP contribution in [0.2, 0.25) is 0 Å². The van der Waals surface area contributed by atoms with E-state index in [1.54, 1.807) is 6.20 Å². The zero-order valence-electron chi connectivity index (χ0n) is 13.5. The number of aromatic nitrogens is 2. The molecule has 1 heterocycles. The quantitative estimate of drug-likeness (QED) is 0.937. The number of hydrogen-bond donors (Lipinski definition) is 1. The zero-order valence-corrected chi connectivity index (χ0v) is 13.5. The number of fused-ring (bicyclic) bond motifs is 1. The normalized spacial score (nSPS) is 25.7. The fourth-order valence-electron chi connectivity index (χ4n) is 4.14. The van der Waals surface area contributed by atoms with Gasteiger partial charge in [-0.3, -0.25) is 4.79 Å². The predicted octanol–water partition coefficient (Wildman–Crippen LogP) is 3.61. The number of benzene rings is 1. The minimum atomic E-state index is 0.188. The van der Waals surface area contributed by atoms with E-state index in [9.17, 15) is 4.79 Å². The number of aryl methyl sites for hydroxylation is 1. The summed E-state index contributed by atoms with van der Waals surface area (Å²) in [6, 6.07) is 10.3. The molecular formula is C19H23N3O. The maximum Gasteiger partial charge on any atom is 0.229 e. The first-order valence-corrected chi connectivity index (χ1v) is 8.60. The summed E-state index contributed by atoms with van der Waals surface area (Å²) in [5.41, 5.74) is 2.44. The fraction of sp³-hybridized carbons (Fsp3) is 0.474. The van der Waals surface area contributed by atoms with E-state index in [-0.39, 0.29) is 11.8 Å². The molecule has 4 nitrogen and oxygen atoms in total. The van der Waals surface area contributed by atoms with Crippen molar-refractivity contribution < 1.29 is 4.79 Å². The molecule has 1 unspecified atom stereocenters. The van der Waals surface area contributed by atoms with Crippen LogP contribution in [0.15, 0.2) is 36.5 Å². The van der Waals surface area contributed by atoms with Gasteiger partial charge in [0.05, 0.1) is 12.7 Å². The fourth-order valence-corrected chi connectivity index (χ4v) is 4.14. The van der Waals surface area contributed by atoms with Crippen molar-refractivity contribution in [3.8, 4) is 0 Å². The number of anilines is 1. The molecule has 4 rings (SSSR count). The number of amides is 1. The Balaban J connectivity index is 1.44. The Morgan fingerprint density at radius 2 is 2.04 bits per heavy atom. The van der Waals surface area contributed by atoms with Crippen molar-refractivity contribution in [2.24, 2.45) is 17.8 Å². The molecule has 1 N–H and O–H groups in total. The molecule has 2 saturated carbocycles. The molecule has 0 bridgehead atoms. The highest BCUT2D eigenvalue weighted by molar-refractivity contribution is 5.94. The van der Waals surface area contributed by atoms with E-state index >= 15 is 0 Å². The Morgan fingerprint density at radius 3 is 2.78 bits per heavy atom. The third-order valence-corrected chi connectivity index (χ3v) is 5.34. The average molecular weight is 309 g/mol. The van der Waals surface area contributed by atoms with Crippen molar-refractivity contribution >= 4 is 11.7 Å². The summed E-state index contributed by atoms with van der Waals surface area (Å²) in [5.74, 6) is 2.50. The van der Waals surface area contributed by atoms with Crippen LogP contribution in [0.25, 0.3) is 0 Å². The van der Waals surface area contributed by atoms with Gasteiger partial charge in [0.25, 0.3) is 0 Å². The van der Waals surface area contributed by atoms with Crippen LogP contribution >= 0.6 is 0 Å². The van der Waals surface area contributed by atoms with Crippen LogP contribution in [0, 0.1) is 24.7 Å². The highest BCUT2D eigenvalue weighted by Crippen LogP contribution is 2.55. The Kier molecular flexibility index (Phi) is 3.68. The lowest BCUT2D eigenvalue weighted by Gasteiger charge is -2.09. The van der Waals surface area contributed by atoms with Crippen molar-refractivity contribution in [3.63, 3.8) is 0 Å². The number of carbonyl (C=O) groups excluding carboxylic acids is 1. The number of carbonyl (C=O) groups is 1. The molecule has 2 aromatic rings. The standard InChI is InChI=1S/C19H23N3O/c1-13-5-4-6-14(11-13)12-22-17(9-10-20-22)21-19(23)18-15-7-2-3-8-16(15)18/h4-6,9-11,15-16,18H,2-3,7-8,12H2,1H3,(H,21,23)/t15-,16+,18?. The van der Waals surface area contributed by atoms with Crippen molar-refractivity contribution in [2.75, 3.05) is 5.32 Å². The zero-order chi connectivity index (χ0) is 15.8. The van der Waals surface area contributed by atoms with Crippen molar-refractivity contribution in [1.82, 2.24) is 9.78 Å². The number of nitrogens with zero attached hydrogens (tertiary/aromatic N) is 2. The van der Waals surface area contributed by atoms with Gasteiger partial charge in [-0.1, -0.05) is 42.7 Å². The van der Waals surface area contributed by atoms with Gasteiger partial charge >= 0.3 is 0 Å².